The monoisotopic (exact) mass is 428 g/mol. The number of fused-ring (bicyclic) bond motifs is 1. The maximum atomic E-state index is 13.7. The summed E-state index contributed by atoms with van der Waals surface area (Å²) in [7, 11) is 0. The molecule has 3 aliphatic heterocycles. The summed E-state index contributed by atoms with van der Waals surface area (Å²) in [5.74, 6) is -0.651. The van der Waals surface area contributed by atoms with Crippen molar-refractivity contribution >= 4 is 17.6 Å². The Bertz CT molecular complexity index is 1040. The molecule has 2 N–H and O–H groups in total. The molecule has 3 aliphatic rings. The second-order valence-corrected chi connectivity index (χ2v) is 8.05. The van der Waals surface area contributed by atoms with Crippen molar-refractivity contribution < 1.29 is 18.3 Å². The summed E-state index contributed by atoms with van der Waals surface area (Å²) < 4.78 is 33.7. The number of rotatable bonds is 3. The van der Waals surface area contributed by atoms with Gasteiger partial charge < -0.3 is 20.3 Å². The number of ether oxygens (including phenoxy) is 1. The van der Waals surface area contributed by atoms with Gasteiger partial charge in [0.25, 0.3) is 5.91 Å². The minimum absolute atomic E-state index is 0.0515. The summed E-state index contributed by atoms with van der Waals surface area (Å²) in [5, 5.41) is 0. The molecule has 3 saturated heterocycles. The Kier molecular flexibility index (Phi) is 4.81. The second kappa shape index (κ2) is 7.52. The molecule has 31 heavy (non-hydrogen) atoms. The quantitative estimate of drug-likeness (QED) is 0.801. The van der Waals surface area contributed by atoms with Crippen LogP contribution in [0.4, 0.5) is 14.6 Å². The molecular formula is C21H22F2N6O2. The third-order valence-corrected chi connectivity index (χ3v) is 6.33. The van der Waals surface area contributed by atoms with Crippen molar-refractivity contribution in [3.05, 3.63) is 54.1 Å². The van der Waals surface area contributed by atoms with Gasteiger partial charge in [-0.25, -0.2) is 18.7 Å². The smallest absolute Gasteiger partial charge is 0.257 e. The zero-order chi connectivity index (χ0) is 21.6. The van der Waals surface area contributed by atoms with Crippen LogP contribution in [-0.2, 0) is 9.53 Å². The van der Waals surface area contributed by atoms with Crippen molar-refractivity contribution in [3.8, 4) is 0 Å². The molecule has 0 aromatic carbocycles. The number of anilines is 1. The standard InChI is InChI=1S/C21H22F2N6O2/c22-14-9-13(11-25-12-14)16-1-2-18-29(16)20(30)21(31-18)4-7-28(8-5-21)17-3-6-26-19(27-17)15(23)10-24/h3,6,9-12,16,18H,1-2,4-5,7-8,24H2/b15-10+/t16-,18+/m0/s1. The zero-order valence-corrected chi connectivity index (χ0v) is 16.7. The number of hydrogen-bond donors (Lipinski definition) is 1. The zero-order valence-electron chi connectivity index (χ0n) is 16.7. The van der Waals surface area contributed by atoms with Crippen LogP contribution < -0.4 is 10.6 Å². The molecule has 0 aliphatic carbocycles. The largest absolute Gasteiger partial charge is 0.402 e. The Morgan fingerprint density at radius 1 is 1.29 bits per heavy atom. The Labute approximate surface area is 177 Å². The first-order valence-corrected chi connectivity index (χ1v) is 10.3. The van der Waals surface area contributed by atoms with Crippen molar-refractivity contribution in [3.63, 3.8) is 0 Å². The van der Waals surface area contributed by atoms with E-state index in [9.17, 15) is 13.6 Å². The lowest BCUT2D eigenvalue weighted by molar-refractivity contribution is -0.140. The van der Waals surface area contributed by atoms with E-state index in [1.165, 1.54) is 12.3 Å². The number of piperidine rings is 1. The summed E-state index contributed by atoms with van der Waals surface area (Å²) >= 11 is 0. The highest BCUT2D eigenvalue weighted by molar-refractivity contribution is 5.88. The van der Waals surface area contributed by atoms with Gasteiger partial charge in [-0.15, -0.1) is 0 Å². The van der Waals surface area contributed by atoms with Gasteiger partial charge in [-0.1, -0.05) is 0 Å². The van der Waals surface area contributed by atoms with E-state index >= 15 is 0 Å². The van der Waals surface area contributed by atoms with Gasteiger partial charge in [0.1, 0.15) is 17.9 Å². The molecule has 8 nitrogen and oxygen atoms in total. The molecule has 1 spiro atoms. The molecule has 0 bridgehead atoms. The molecular weight excluding hydrogens is 406 g/mol. The van der Waals surface area contributed by atoms with Crippen molar-refractivity contribution in [2.75, 3.05) is 18.0 Å². The highest BCUT2D eigenvalue weighted by Crippen LogP contribution is 2.47. The predicted octanol–water partition coefficient (Wildman–Crippen LogP) is 2.30. The van der Waals surface area contributed by atoms with E-state index in [1.54, 1.807) is 17.2 Å². The van der Waals surface area contributed by atoms with Gasteiger partial charge in [0.05, 0.1) is 12.2 Å². The molecule has 2 aromatic rings. The average Bonchev–Trinajstić information content (AvgIpc) is 3.32. The Balaban J connectivity index is 1.32. The molecule has 3 fully saturated rings. The van der Waals surface area contributed by atoms with Crippen LogP contribution in [0.1, 0.15) is 43.1 Å². The molecule has 0 radical (unpaired) electrons. The lowest BCUT2D eigenvalue weighted by Crippen LogP contribution is -2.50. The Morgan fingerprint density at radius 3 is 2.84 bits per heavy atom. The summed E-state index contributed by atoms with van der Waals surface area (Å²) in [6.45, 7) is 1.06. The van der Waals surface area contributed by atoms with Crippen LogP contribution in [0.25, 0.3) is 5.83 Å². The molecule has 2 aromatic heterocycles. The predicted molar refractivity (Wildman–Crippen MR) is 107 cm³/mol. The number of carbonyl (C=O) groups is 1. The lowest BCUT2D eigenvalue weighted by Gasteiger charge is -2.38. The third kappa shape index (κ3) is 3.31. The molecule has 5 heterocycles. The normalized spacial score (nSPS) is 25.4. The van der Waals surface area contributed by atoms with Crippen LogP contribution in [0.2, 0.25) is 0 Å². The summed E-state index contributed by atoms with van der Waals surface area (Å²) in [5.41, 5.74) is 5.02. The lowest BCUT2D eigenvalue weighted by atomic mass is 9.89. The first kappa shape index (κ1) is 19.8. The second-order valence-electron chi connectivity index (χ2n) is 8.05. The van der Waals surface area contributed by atoms with E-state index in [0.29, 0.717) is 50.2 Å². The summed E-state index contributed by atoms with van der Waals surface area (Å²) in [6.07, 6.45) is 7.17. The number of pyridine rings is 1. The Morgan fingerprint density at radius 2 is 2.10 bits per heavy atom. The highest BCUT2D eigenvalue weighted by Gasteiger charge is 2.58. The number of nitrogens with zero attached hydrogens (tertiary/aromatic N) is 5. The number of aromatic nitrogens is 3. The van der Waals surface area contributed by atoms with Crippen LogP contribution in [0.15, 0.2) is 36.9 Å². The van der Waals surface area contributed by atoms with Crippen molar-refractivity contribution in [2.45, 2.75) is 43.6 Å². The SMILES string of the molecule is N/C=C(/F)c1nccc(N2CCC3(CC2)O[C@@H]2CC[C@@H](c4cncc(F)c4)N2C3=O)n1. The van der Waals surface area contributed by atoms with E-state index in [4.69, 9.17) is 10.5 Å². The van der Waals surface area contributed by atoms with Gasteiger partial charge >= 0.3 is 0 Å². The minimum Gasteiger partial charge on any atom is -0.402 e. The van der Waals surface area contributed by atoms with Crippen molar-refractivity contribution in [2.24, 2.45) is 5.73 Å². The van der Waals surface area contributed by atoms with E-state index in [2.05, 4.69) is 15.0 Å². The first-order chi connectivity index (χ1) is 15.0. The van der Waals surface area contributed by atoms with Crippen LogP contribution >= 0.6 is 0 Å². The van der Waals surface area contributed by atoms with Crippen molar-refractivity contribution in [1.82, 2.24) is 19.9 Å². The number of hydrogen-bond acceptors (Lipinski definition) is 7. The van der Waals surface area contributed by atoms with E-state index in [1.807, 2.05) is 4.90 Å². The van der Waals surface area contributed by atoms with E-state index in [0.717, 1.165) is 12.4 Å². The Hall–Kier alpha value is -3.14. The molecule has 162 valence electrons. The maximum absolute atomic E-state index is 13.7. The third-order valence-electron chi connectivity index (χ3n) is 6.33. The fourth-order valence-electron chi connectivity index (χ4n) is 4.79. The summed E-state index contributed by atoms with van der Waals surface area (Å²) in [6, 6.07) is 2.91. The fraction of sp³-hybridized carbons (Fsp3) is 0.429. The number of nitrogens with two attached hydrogens (primary N) is 1. The molecule has 0 saturated carbocycles. The van der Waals surface area contributed by atoms with Gasteiger partial charge in [0.2, 0.25) is 0 Å². The number of carbonyl (C=O) groups excluding carboxylic acids is 1. The highest BCUT2D eigenvalue weighted by atomic mass is 19.1. The van der Waals surface area contributed by atoms with Gasteiger partial charge in [-0.05, 0) is 30.5 Å². The van der Waals surface area contributed by atoms with Crippen LogP contribution in [0, 0.1) is 5.82 Å². The number of halogens is 2. The fourth-order valence-corrected chi connectivity index (χ4v) is 4.79. The van der Waals surface area contributed by atoms with Gasteiger partial charge in [0, 0.05) is 44.5 Å². The van der Waals surface area contributed by atoms with Crippen LogP contribution in [-0.4, -0.2) is 50.7 Å². The van der Waals surface area contributed by atoms with E-state index < -0.39 is 17.2 Å². The van der Waals surface area contributed by atoms with Gasteiger partial charge in [-0.2, -0.15) is 0 Å². The molecule has 0 unspecified atom stereocenters. The average molecular weight is 428 g/mol. The van der Waals surface area contributed by atoms with E-state index in [-0.39, 0.29) is 24.0 Å². The molecule has 5 rings (SSSR count). The van der Waals surface area contributed by atoms with Crippen LogP contribution in [0.5, 0.6) is 0 Å². The molecule has 2 atom stereocenters. The maximum Gasteiger partial charge on any atom is 0.257 e. The van der Waals surface area contributed by atoms with Gasteiger partial charge in [0.15, 0.2) is 17.3 Å². The molecule has 1 amide bonds. The minimum atomic E-state index is -0.890. The topological polar surface area (TPSA) is 97.5 Å². The van der Waals surface area contributed by atoms with Crippen molar-refractivity contribution in [1.29, 1.82) is 0 Å². The number of amides is 1. The first-order valence-electron chi connectivity index (χ1n) is 10.3. The van der Waals surface area contributed by atoms with Crippen LogP contribution in [0.3, 0.4) is 0 Å². The summed E-state index contributed by atoms with van der Waals surface area (Å²) in [4.78, 5) is 29.2. The van der Waals surface area contributed by atoms with Gasteiger partial charge in [-0.3, -0.25) is 9.78 Å². The molecule has 10 heteroatoms.